The Morgan fingerprint density at radius 1 is 1.20 bits per heavy atom. The largest absolute Gasteiger partial charge is 0.369 e. The second kappa shape index (κ2) is 6.68. The Bertz CT molecular complexity index is 978. The molecule has 0 atom stereocenters. The number of aryl methyl sites for hydroxylation is 1. The average molecular weight is 337 g/mol. The molecular formula is C17H16FN7. The lowest BCUT2D eigenvalue weighted by atomic mass is 10.3. The van der Waals surface area contributed by atoms with Crippen molar-refractivity contribution in [3.05, 3.63) is 61.3 Å². The van der Waals surface area contributed by atoms with Gasteiger partial charge in [-0.25, -0.2) is 24.0 Å². The van der Waals surface area contributed by atoms with Crippen LogP contribution in [0, 0.1) is 5.82 Å². The Labute approximate surface area is 143 Å². The minimum absolute atomic E-state index is 0.312. The highest BCUT2D eigenvalue weighted by molar-refractivity contribution is 5.87. The number of hydrogen-bond donors (Lipinski definition) is 1. The van der Waals surface area contributed by atoms with Crippen LogP contribution in [0.4, 0.5) is 10.2 Å². The molecule has 1 N–H and O–H groups in total. The summed E-state index contributed by atoms with van der Waals surface area (Å²) in [5.74, 6) is 0.409. The molecule has 0 unspecified atom stereocenters. The van der Waals surface area contributed by atoms with E-state index in [0.29, 0.717) is 11.3 Å². The van der Waals surface area contributed by atoms with E-state index in [0.717, 1.165) is 30.7 Å². The molecular weight excluding hydrogens is 321 g/mol. The van der Waals surface area contributed by atoms with Gasteiger partial charge < -0.3 is 9.88 Å². The van der Waals surface area contributed by atoms with E-state index in [4.69, 9.17) is 0 Å². The second-order valence-corrected chi connectivity index (χ2v) is 5.58. The van der Waals surface area contributed by atoms with Gasteiger partial charge in [-0.05, 0) is 24.6 Å². The number of rotatable bonds is 6. The van der Waals surface area contributed by atoms with Gasteiger partial charge in [-0.1, -0.05) is 6.07 Å². The van der Waals surface area contributed by atoms with Crippen molar-refractivity contribution in [3.8, 4) is 5.69 Å². The molecule has 0 radical (unpaired) electrons. The molecule has 3 aromatic heterocycles. The van der Waals surface area contributed by atoms with Crippen molar-refractivity contribution in [3.63, 3.8) is 0 Å². The maximum absolute atomic E-state index is 13.5. The number of fused-ring (bicyclic) bond motifs is 1. The van der Waals surface area contributed by atoms with Crippen molar-refractivity contribution in [1.29, 1.82) is 0 Å². The van der Waals surface area contributed by atoms with Gasteiger partial charge in [0.2, 0.25) is 0 Å². The lowest BCUT2D eigenvalue weighted by Gasteiger charge is -2.07. The molecule has 0 aliphatic rings. The Morgan fingerprint density at radius 3 is 3.00 bits per heavy atom. The molecule has 1 aromatic carbocycles. The van der Waals surface area contributed by atoms with Crippen molar-refractivity contribution in [1.82, 2.24) is 29.3 Å². The monoisotopic (exact) mass is 337 g/mol. The number of benzene rings is 1. The summed E-state index contributed by atoms with van der Waals surface area (Å²) in [6.07, 6.45) is 9.61. The van der Waals surface area contributed by atoms with Crippen LogP contribution in [-0.2, 0) is 6.54 Å². The topological polar surface area (TPSA) is 73.5 Å². The minimum Gasteiger partial charge on any atom is -0.369 e. The summed E-state index contributed by atoms with van der Waals surface area (Å²) in [7, 11) is 0. The van der Waals surface area contributed by atoms with Crippen molar-refractivity contribution in [2.45, 2.75) is 13.0 Å². The minimum atomic E-state index is -0.312. The van der Waals surface area contributed by atoms with E-state index in [1.165, 1.54) is 18.5 Å². The van der Waals surface area contributed by atoms with E-state index in [-0.39, 0.29) is 5.82 Å². The van der Waals surface area contributed by atoms with Crippen molar-refractivity contribution in [2.24, 2.45) is 0 Å². The smallest absolute Gasteiger partial charge is 0.168 e. The molecule has 8 heteroatoms. The molecule has 0 aliphatic carbocycles. The van der Waals surface area contributed by atoms with E-state index in [1.807, 2.05) is 10.8 Å². The third-order valence-corrected chi connectivity index (χ3v) is 3.86. The first-order valence-corrected chi connectivity index (χ1v) is 7.95. The summed E-state index contributed by atoms with van der Waals surface area (Å²) < 4.78 is 17.1. The predicted octanol–water partition coefficient (Wildman–Crippen LogP) is 2.65. The second-order valence-electron chi connectivity index (χ2n) is 5.58. The standard InChI is InChI=1S/C17H16FN7/c18-13-3-1-4-14(9-13)25-17-15(10-23-25)16(21-11-22-17)20-5-2-7-24-8-6-19-12-24/h1,3-4,6,8-12H,2,5,7H2,(H,20,21,22). The quantitative estimate of drug-likeness (QED) is 0.548. The first-order valence-electron chi connectivity index (χ1n) is 7.95. The summed E-state index contributed by atoms with van der Waals surface area (Å²) in [6, 6.07) is 6.26. The van der Waals surface area contributed by atoms with Crippen LogP contribution in [0.3, 0.4) is 0 Å². The zero-order chi connectivity index (χ0) is 17.1. The first-order chi connectivity index (χ1) is 12.3. The average Bonchev–Trinajstić information content (AvgIpc) is 3.28. The zero-order valence-electron chi connectivity index (χ0n) is 13.4. The van der Waals surface area contributed by atoms with Crippen LogP contribution in [0.25, 0.3) is 16.7 Å². The molecule has 3 heterocycles. The molecule has 126 valence electrons. The van der Waals surface area contributed by atoms with Crippen molar-refractivity contribution < 1.29 is 4.39 Å². The summed E-state index contributed by atoms with van der Waals surface area (Å²) in [4.78, 5) is 12.6. The molecule has 0 saturated carbocycles. The Kier molecular flexibility index (Phi) is 4.07. The maximum Gasteiger partial charge on any atom is 0.168 e. The first kappa shape index (κ1) is 15.3. The van der Waals surface area contributed by atoms with Crippen molar-refractivity contribution >= 4 is 16.9 Å². The van der Waals surface area contributed by atoms with E-state index >= 15 is 0 Å². The molecule has 25 heavy (non-hydrogen) atoms. The Morgan fingerprint density at radius 2 is 2.16 bits per heavy atom. The Hall–Kier alpha value is -3.29. The SMILES string of the molecule is Fc1cccc(-n2ncc3c(NCCCn4ccnc4)ncnc32)c1. The number of nitrogens with zero attached hydrogens (tertiary/aromatic N) is 6. The third kappa shape index (κ3) is 3.18. The fourth-order valence-corrected chi connectivity index (χ4v) is 2.67. The van der Waals surface area contributed by atoms with Gasteiger partial charge in [0.05, 0.1) is 23.6 Å². The maximum atomic E-state index is 13.5. The molecule has 4 aromatic rings. The molecule has 4 rings (SSSR count). The van der Waals surface area contributed by atoms with Crippen molar-refractivity contribution in [2.75, 3.05) is 11.9 Å². The fraction of sp³-hybridized carbons (Fsp3) is 0.176. The van der Waals surface area contributed by atoms with E-state index in [2.05, 4.69) is 25.4 Å². The van der Waals surface area contributed by atoms with Crippen LogP contribution in [0.1, 0.15) is 6.42 Å². The lowest BCUT2D eigenvalue weighted by Crippen LogP contribution is -2.07. The summed E-state index contributed by atoms with van der Waals surface area (Å²) in [6.45, 7) is 1.64. The van der Waals surface area contributed by atoms with Gasteiger partial charge in [0.1, 0.15) is 18.0 Å². The molecule has 0 amide bonds. The van der Waals surface area contributed by atoms with Gasteiger partial charge in [-0.15, -0.1) is 0 Å². The fourth-order valence-electron chi connectivity index (χ4n) is 2.67. The number of nitrogens with one attached hydrogen (secondary N) is 1. The predicted molar refractivity (Wildman–Crippen MR) is 92.0 cm³/mol. The number of imidazole rings is 1. The van der Waals surface area contributed by atoms with Crippen LogP contribution in [0.15, 0.2) is 55.5 Å². The molecule has 0 aliphatic heterocycles. The van der Waals surface area contributed by atoms with Gasteiger partial charge in [0.15, 0.2) is 5.65 Å². The van der Waals surface area contributed by atoms with E-state index < -0.39 is 0 Å². The highest BCUT2D eigenvalue weighted by Gasteiger charge is 2.11. The summed E-state index contributed by atoms with van der Waals surface area (Å²) in [5, 5.41) is 8.45. The van der Waals surface area contributed by atoms with Gasteiger partial charge >= 0.3 is 0 Å². The van der Waals surface area contributed by atoms with Gasteiger partial charge in [0, 0.05) is 25.5 Å². The van der Waals surface area contributed by atoms with Crippen LogP contribution in [-0.4, -0.2) is 35.8 Å². The molecule has 0 bridgehead atoms. The number of halogens is 1. The zero-order valence-corrected chi connectivity index (χ0v) is 13.4. The highest BCUT2D eigenvalue weighted by Crippen LogP contribution is 2.21. The van der Waals surface area contributed by atoms with Gasteiger partial charge in [-0.3, -0.25) is 0 Å². The van der Waals surface area contributed by atoms with Gasteiger partial charge in [-0.2, -0.15) is 5.10 Å². The van der Waals surface area contributed by atoms with Crippen LogP contribution < -0.4 is 5.32 Å². The number of aromatic nitrogens is 6. The molecule has 0 fully saturated rings. The third-order valence-electron chi connectivity index (χ3n) is 3.86. The van der Waals surface area contributed by atoms with Crippen LogP contribution >= 0.6 is 0 Å². The highest BCUT2D eigenvalue weighted by atomic mass is 19.1. The molecule has 0 spiro atoms. The summed E-state index contributed by atoms with van der Waals surface area (Å²) >= 11 is 0. The summed E-state index contributed by atoms with van der Waals surface area (Å²) in [5.41, 5.74) is 1.26. The Balaban J connectivity index is 1.52. The van der Waals surface area contributed by atoms with Crippen LogP contribution in [0.5, 0.6) is 0 Å². The molecule has 7 nitrogen and oxygen atoms in total. The number of anilines is 1. The van der Waals surface area contributed by atoms with E-state index in [1.54, 1.807) is 35.5 Å². The normalized spacial score (nSPS) is 11.1. The molecule has 0 saturated heterocycles. The number of hydrogen-bond acceptors (Lipinski definition) is 5. The van der Waals surface area contributed by atoms with Gasteiger partial charge in [0.25, 0.3) is 0 Å². The lowest BCUT2D eigenvalue weighted by molar-refractivity contribution is 0.625. The van der Waals surface area contributed by atoms with E-state index in [9.17, 15) is 4.39 Å². The van der Waals surface area contributed by atoms with Crippen LogP contribution in [0.2, 0.25) is 0 Å².